The first-order chi connectivity index (χ1) is 9.36. The van der Waals surface area contributed by atoms with Crippen molar-refractivity contribution in [1.29, 1.82) is 0 Å². The molecule has 0 unspecified atom stereocenters. The van der Waals surface area contributed by atoms with E-state index >= 15 is 0 Å². The number of hydrogen-bond donors (Lipinski definition) is 1. The van der Waals surface area contributed by atoms with Crippen LogP contribution in [0.15, 0.2) is 35.6 Å². The zero-order valence-corrected chi connectivity index (χ0v) is 11.6. The number of thiophene rings is 1. The minimum Gasteiger partial charge on any atom is -0.261 e. The molecule has 0 spiro atoms. The molecule has 0 bridgehead atoms. The van der Waals surface area contributed by atoms with E-state index in [4.69, 9.17) is 0 Å². The standard InChI is InChI=1S/C13H12F3N3S/c1-8-3-5-11(20-8)9(2)18-19-12-6-4-10(7-17-12)13(14,15)16/h3-7H,1-2H3,(H,17,19)/b18-9-. The molecule has 7 heteroatoms. The number of rotatable bonds is 3. The minimum atomic E-state index is -4.38. The number of alkyl halides is 3. The van der Waals surface area contributed by atoms with Crippen molar-refractivity contribution < 1.29 is 13.2 Å². The first-order valence-corrected chi connectivity index (χ1v) is 6.58. The Bertz CT molecular complexity index is 615. The Morgan fingerprint density at radius 1 is 1.25 bits per heavy atom. The highest BCUT2D eigenvalue weighted by Crippen LogP contribution is 2.28. The highest BCUT2D eigenvalue weighted by Gasteiger charge is 2.30. The smallest absolute Gasteiger partial charge is 0.261 e. The van der Waals surface area contributed by atoms with Gasteiger partial charge >= 0.3 is 6.18 Å². The molecule has 2 aromatic heterocycles. The van der Waals surface area contributed by atoms with Gasteiger partial charge in [0.1, 0.15) is 5.82 Å². The third-order valence-corrected chi connectivity index (χ3v) is 3.64. The van der Waals surface area contributed by atoms with Crippen molar-refractivity contribution in [1.82, 2.24) is 4.98 Å². The fraction of sp³-hybridized carbons (Fsp3) is 0.231. The summed E-state index contributed by atoms with van der Waals surface area (Å²) in [5.74, 6) is 0.269. The van der Waals surface area contributed by atoms with Gasteiger partial charge in [0, 0.05) is 11.1 Å². The number of hydrazone groups is 1. The lowest BCUT2D eigenvalue weighted by molar-refractivity contribution is -0.137. The second kappa shape index (κ2) is 5.62. The number of pyridine rings is 1. The van der Waals surface area contributed by atoms with Gasteiger partial charge < -0.3 is 0 Å². The maximum Gasteiger partial charge on any atom is 0.417 e. The average molecular weight is 299 g/mol. The van der Waals surface area contributed by atoms with Crippen molar-refractivity contribution in [2.45, 2.75) is 20.0 Å². The van der Waals surface area contributed by atoms with Gasteiger partial charge in [0.05, 0.1) is 16.2 Å². The lowest BCUT2D eigenvalue weighted by atomic mass is 10.3. The molecule has 0 amide bonds. The summed E-state index contributed by atoms with van der Waals surface area (Å²) in [5.41, 5.74) is 2.62. The van der Waals surface area contributed by atoms with Crippen LogP contribution in [0.4, 0.5) is 19.0 Å². The van der Waals surface area contributed by atoms with Gasteiger partial charge in [-0.25, -0.2) is 4.98 Å². The van der Waals surface area contributed by atoms with Crippen molar-refractivity contribution in [3.05, 3.63) is 45.8 Å². The predicted octanol–water partition coefficient (Wildman–Crippen LogP) is 4.31. The second-order valence-electron chi connectivity index (χ2n) is 4.15. The molecule has 3 nitrogen and oxygen atoms in total. The van der Waals surface area contributed by atoms with Crippen molar-refractivity contribution in [3.63, 3.8) is 0 Å². The van der Waals surface area contributed by atoms with Crippen LogP contribution in [0.2, 0.25) is 0 Å². The van der Waals surface area contributed by atoms with Gasteiger partial charge in [-0.3, -0.25) is 5.43 Å². The van der Waals surface area contributed by atoms with Crippen LogP contribution in [-0.2, 0) is 6.18 Å². The van der Waals surface area contributed by atoms with Crippen molar-refractivity contribution >= 4 is 22.9 Å². The molecule has 0 fully saturated rings. The van der Waals surface area contributed by atoms with E-state index < -0.39 is 11.7 Å². The van der Waals surface area contributed by atoms with Gasteiger partial charge in [-0.05, 0) is 38.1 Å². The Balaban J connectivity index is 2.07. The van der Waals surface area contributed by atoms with Crippen LogP contribution < -0.4 is 5.43 Å². The number of halogens is 3. The number of aromatic nitrogens is 1. The number of anilines is 1. The van der Waals surface area contributed by atoms with Crippen molar-refractivity contribution in [2.24, 2.45) is 5.10 Å². The van der Waals surface area contributed by atoms with E-state index in [0.717, 1.165) is 22.9 Å². The third-order valence-electron chi connectivity index (χ3n) is 2.53. The van der Waals surface area contributed by atoms with E-state index in [-0.39, 0.29) is 5.82 Å². The van der Waals surface area contributed by atoms with Crippen LogP contribution >= 0.6 is 11.3 Å². The van der Waals surface area contributed by atoms with E-state index in [1.54, 1.807) is 11.3 Å². The first kappa shape index (κ1) is 14.5. The molecule has 2 aromatic rings. The molecule has 0 atom stereocenters. The predicted molar refractivity (Wildman–Crippen MR) is 74.1 cm³/mol. The fourth-order valence-electron chi connectivity index (χ4n) is 1.45. The monoisotopic (exact) mass is 299 g/mol. The molecular formula is C13H12F3N3S. The van der Waals surface area contributed by atoms with E-state index in [2.05, 4.69) is 15.5 Å². The lowest BCUT2D eigenvalue weighted by Crippen LogP contribution is -2.06. The van der Waals surface area contributed by atoms with Gasteiger partial charge in [0.2, 0.25) is 0 Å². The van der Waals surface area contributed by atoms with E-state index in [1.807, 2.05) is 26.0 Å². The zero-order chi connectivity index (χ0) is 14.8. The van der Waals surface area contributed by atoms with Gasteiger partial charge in [-0.15, -0.1) is 11.3 Å². The molecule has 0 radical (unpaired) electrons. The minimum absolute atomic E-state index is 0.269. The number of hydrogen-bond acceptors (Lipinski definition) is 4. The van der Waals surface area contributed by atoms with E-state index in [0.29, 0.717) is 0 Å². The Hall–Kier alpha value is -1.89. The first-order valence-electron chi connectivity index (χ1n) is 5.76. The molecule has 0 aliphatic rings. The third kappa shape index (κ3) is 3.57. The van der Waals surface area contributed by atoms with Crippen LogP contribution in [0.5, 0.6) is 0 Å². The number of nitrogens with zero attached hydrogens (tertiary/aromatic N) is 2. The second-order valence-corrected chi connectivity index (χ2v) is 5.44. The normalized spacial score (nSPS) is 12.6. The van der Waals surface area contributed by atoms with Gasteiger partial charge in [0.15, 0.2) is 0 Å². The van der Waals surface area contributed by atoms with Gasteiger partial charge in [-0.2, -0.15) is 18.3 Å². The molecular weight excluding hydrogens is 287 g/mol. The van der Waals surface area contributed by atoms with Crippen molar-refractivity contribution in [3.8, 4) is 0 Å². The molecule has 2 rings (SSSR count). The summed E-state index contributed by atoms with van der Waals surface area (Å²) >= 11 is 1.60. The maximum absolute atomic E-state index is 12.4. The fourth-order valence-corrected chi connectivity index (χ4v) is 2.27. The maximum atomic E-state index is 12.4. The highest BCUT2D eigenvalue weighted by molar-refractivity contribution is 7.14. The van der Waals surface area contributed by atoms with Crippen LogP contribution in [-0.4, -0.2) is 10.7 Å². The molecule has 2 heterocycles. The topological polar surface area (TPSA) is 37.3 Å². The summed E-state index contributed by atoms with van der Waals surface area (Å²) in [4.78, 5) is 5.85. The Morgan fingerprint density at radius 2 is 2.00 bits per heavy atom. The van der Waals surface area contributed by atoms with Gasteiger partial charge in [-0.1, -0.05) is 0 Å². The van der Waals surface area contributed by atoms with Gasteiger partial charge in [0.25, 0.3) is 0 Å². The zero-order valence-electron chi connectivity index (χ0n) is 10.8. The van der Waals surface area contributed by atoms with Crippen LogP contribution in [0.1, 0.15) is 22.2 Å². The van der Waals surface area contributed by atoms with Crippen LogP contribution in [0.3, 0.4) is 0 Å². The summed E-state index contributed by atoms with van der Waals surface area (Å²) < 4.78 is 37.1. The largest absolute Gasteiger partial charge is 0.417 e. The van der Waals surface area contributed by atoms with E-state index in [9.17, 15) is 13.2 Å². The Kier molecular flexibility index (Phi) is 4.08. The van der Waals surface area contributed by atoms with Crippen LogP contribution in [0, 0.1) is 6.92 Å². The van der Waals surface area contributed by atoms with E-state index in [1.165, 1.54) is 10.9 Å². The molecule has 0 saturated heterocycles. The molecule has 0 saturated carbocycles. The molecule has 106 valence electrons. The quantitative estimate of drug-likeness (QED) is 0.677. The SMILES string of the molecule is C/C(=N/Nc1ccc(C(F)(F)F)cn1)c1ccc(C)s1. The van der Waals surface area contributed by atoms with Crippen LogP contribution in [0.25, 0.3) is 0 Å². The Labute approximate surface area is 118 Å². The summed E-state index contributed by atoms with van der Waals surface area (Å²) in [6.45, 7) is 3.81. The van der Waals surface area contributed by atoms with Crippen molar-refractivity contribution in [2.75, 3.05) is 5.43 Å². The summed E-state index contributed by atoms with van der Waals surface area (Å²) in [5, 5.41) is 4.10. The average Bonchev–Trinajstić information content (AvgIpc) is 2.82. The molecule has 0 aliphatic heterocycles. The number of aryl methyl sites for hydroxylation is 1. The number of nitrogens with one attached hydrogen (secondary N) is 1. The summed E-state index contributed by atoms with van der Waals surface area (Å²) in [6, 6.07) is 6.14. The summed E-state index contributed by atoms with van der Waals surface area (Å²) in [6.07, 6.45) is -3.60. The lowest BCUT2D eigenvalue weighted by Gasteiger charge is -2.06. The molecule has 0 aliphatic carbocycles. The Morgan fingerprint density at radius 3 is 2.50 bits per heavy atom. The highest BCUT2D eigenvalue weighted by atomic mass is 32.1. The summed E-state index contributed by atoms with van der Waals surface area (Å²) in [7, 11) is 0. The molecule has 0 aromatic carbocycles. The molecule has 1 N–H and O–H groups in total. The molecule has 20 heavy (non-hydrogen) atoms.